The molecule has 0 aliphatic carbocycles. The summed E-state index contributed by atoms with van der Waals surface area (Å²) in [6.45, 7) is -0.429. The molecular weight excluding hydrogens is 529 g/mol. The molecule has 162 valence electrons. The molecule has 7 nitrogen and oxygen atoms in total. The minimum absolute atomic E-state index is 0.361. The zero-order valence-electron chi connectivity index (χ0n) is 16.1. The lowest BCUT2D eigenvalue weighted by Crippen LogP contribution is -2.38. The van der Waals surface area contributed by atoms with Crippen LogP contribution in [0.1, 0.15) is 5.76 Å². The predicted octanol–water partition coefficient (Wildman–Crippen LogP) is 4.93. The Hall–Kier alpha value is -2.33. The standard InChI is InChI=1S/C20H16BrCl2N3O4S/c1-31(28,29)26(15-5-2-13(21)3-6-15)12-20(27)25-24-11-16-7-9-19(30-16)17-8-4-14(22)10-18(17)23/h2-11H,12H2,1H3,(H,25,27)/b24-11-. The largest absolute Gasteiger partial charge is 0.455 e. The monoisotopic (exact) mass is 543 g/mol. The molecule has 3 aromatic rings. The molecule has 31 heavy (non-hydrogen) atoms. The van der Waals surface area contributed by atoms with E-state index in [9.17, 15) is 13.2 Å². The zero-order chi connectivity index (χ0) is 22.6. The van der Waals surface area contributed by atoms with E-state index in [1.54, 1.807) is 54.6 Å². The first-order valence-corrected chi connectivity index (χ1v) is 12.1. The first-order chi connectivity index (χ1) is 14.6. The van der Waals surface area contributed by atoms with Crippen molar-refractivity contribution >= 4 is 67.0 Å². The summed E-state index contributed by atoms with van der Waals surface area (Å²) in [5, 5.41) is 4.77. The minimum Gasteiger partial charge on any atom is -0.455 e. The molecule has 0 fully saturated rings. The van der Waals surface area contributed by atoms with Crippen molar-refractivity contribution in [3.8, 4) is 11.3 Å². The van der Waals surface area contributed by atoms with Crippen LogP contribution in [0.4, 0.5) is 5.69 Å². The normalized spacial score (nSPS) is 11.6. The van der Waals surface area contributed by atoms with Crippen molar-refractivity contribution in [3.63, 3.8) is 0 Å². The maximum absolute atomic E-state index is 12.2. The molecule has 0 saturated carbocycles. The van der Waals surface area contributed by atoms with Crippen molar-refractivity contribution in [1.29, 1.82) is 0 Å². The molecule has 0 spiro atoms. The van der Waals surface area contributed by atoms with Gasteiger partial charge in [-0.2, -0.15) is 5.10 Å². The Kier molecular flexibility index (Phi) is 7.42. The number of carbonyl (C=O) groups excluding carboxylic acids is 1. The van der Waals surface area contributed by atoms with E-state index in [1.807, 2.05) is 0 Å². The second-order valence-electron chi connectivity index (χ2n) is 6.37. The smallest absolute Gasteiger partial charge is 0.260 e. The van der Waals surface area contributed by atoms with E-state index in [0.29, 0.717) is 32.8 Å². The molecule has 0 atom stereocenters. The van der Waals surface area contributed by atoms with Crippen LogP contribution in [0.25, 0.3) is 11.3 Å². The van der Waals surface area contributed by atoms with Crippen LogP contribution in [0.2, 0.25) is 10.0 Å². The molecule has 1 amide bonds. The summed E-state index contributed by atoms with van der Waals surface area (Å²) in [7, 11) is -3.67. The Bertz CT molecular complexity index is 1230. The van der Waals surface area contributed by atoms with Crippen molar-refractivity contribution in [3.05, 3.63) is 74.9 Å². The number of hydrazone groups is 1. The lowest BCUT2D eigenvalue weighted by molar-refractivity contribution is -0.119. The molecule has 0 saturated heterocycles. The van der Waals surface area contributed by atoms with E-state index in [0.717, 1.165) is 15.0 Å². The number of hydrogen-bond donors (Lipinski definition) is 1. The van der Waals surface area contributed by atoms with Crippen molar-refractivity contribution in [1.82, 2.24) is 5.43 Å². The number of nitrogens with one attached hydrogen (secondary N) is 1. The minimum atomic E-state index is -3.67. The molecule has 11 heteroatoms. The number of sulfonamides is 1. The summed E-state index contributed by atoms with van der Waals surface area (Å²) in [5.41, 5.74) is 3.32. The van der Waals surface area contributed by atoms with Crippen molar-refractivity contribution in [2.24, 2.45) is 5.10 Å². The predicted molar refractivity (Wildman–Crippen MR) is 126 cm³/mol. The molecule has 0 radical (unpaired) electrons. The van der Waals surface area contributed by atoms with E-state index >= 15 is 0 Å². The second-order valence-corrected chi connectivity index (χ2v) is 10.0. The molecule has 0 unspecified atom stereocenters. The Morgan fingerprint density at radius 2 is 1.87 bits per heavy atom. The van der Waals surface area contributed by atoms with Crippen molar-refractivity contribution in [2.75, 3.05) is 17.1 Å². The van der Waals surface area contributed by atoms with Gasteiger partial charge in [0.15, 0.2) is 0 Å². The third kappa shape index (κ3) is 6.33. The van der Waals surface area contributed by atoms with Crippen LogP contribution in [0.15, 0.2) is 68.6 Å². The number of anilines is 1. The maximum Gasteiger partial charge on any atom is 0.260 e. The number of carbonyl (C=O) groups is 1. The Labute approximate surface area is 197 Å². The number of nitrogens with zero attached hydrogens (tertiary/aromatic N) is 2. The quantitative estimate of drug-likeness (QED) is 0.337. The van der Waals surface area contributed by atoms with Crippen LogP contribution in [0, 0.1) is 0 Å². The third-order valence-corrected chi connectivity index (χ3v) is 6.22. The van der Waals surface area contributed by atoms with Gasteiger partial charge in [0.1, 0.15) is 18.1 Å². The van der Waals surface area contributed by atoms with Crippen LogP contribution in [0.5, 0.6) is 0 Å². The number of furan rings is 1. The second kappa shape index (κ2) is 9.86. The van der Waals surface area contributed by atoms with Gasteiger partial charge in [-0.3, -0.25) is 9.10 Å². The average Bonchev–Trinajstić information content (AvgIpc) is 3.14. The van der Waals surface area contributed by atoms with Crippen LogP contribution in [0.3, 0.4) is 0 Å². The van der Waals surface area contributed by atoms with Gasteiger partial charge in [-0.05, 0) is 54.6 Å². The van der Waals surface area contributed by atoms with Gasteiger partial charge >= 0.3 is 0 Å². The van der Waals surface area contributed by atoms with Crippen LogP contribution >= 0.6 is 39.1 Å². The molecule has 1 N–H and O–H groups in total. The summed E-state index contributed by atoms with van der Waals surface area (Å²) < 4.78 is 31.6. The topological polar surface area (TPSA) is 92.0 Å². The van der Waals surface area contributed by atoms with Gasteiger partial charge in [0.2, 0.25) is 10.0 Å². The maximum atomic E-state index is 12.2. The van der Waals surface area contributed by atoms with Crippen LogP contribution in [-0.4, -0.2) is 33.3 Å². The van der Waals surface area contributed by atoms with E-state index < -0.39 is 22.5 Å². The highest BCUT2D eigenvalue weighted by Crippen LogP contribution is 2.31. The van der Waals surface area contributed by atoms with E-state index in [1.165, 1.54) is 6.21 Å². The summed E-state index contributed by atoms with van der Waals surface area (Å²) >= 11 is 15.4. The van der Waals surface area contributed by atoms with Gasteiger partial charge in [-0.25, -0.2) is 13.8 Å². The number of rotatable bonds is 7. The third-order valence-electron chi connectivity index (χ3n) is 4.01. The van der Waals surface area contributed by atoms with Gasteiger partial charge in [-0.1, -0.05) is 39.1 Å². The molecule has 2 aromatic carbocycles. The summed E-state index contributed by atoms with van der Waals surface area (Å²) in [6, 6.07) is 14.9. The van der Waals surface area contributed by atoms with E-state index in [4.69, 9.17) is 27.6 Å². The molecule has 1 heterocycles. The summed E-state index contributed by atoms with van der Waals surface area (Å²) in [4.78, 5) is 12.2. The molecule has 0 aliphatic rings. The average molecular weight is 545 g/mol. The van der Waals surface area contributed by atoms with Crippen LogP contribution < -0.4 is 9.73 Å². The van der Waals surface area contributed by atoms with Crippen LogP contribution in [-0.2, 0) is 14.8 Å². The molecule has 0 aliphatic heterocycles. The van der Waals surface area contributed by atoms with Gasteiger partial charge in [0.05, 0.1) is 23.2 Å². The van der Waals surface area contributed by atoms with Gasteiger partial charge in [0.25, 0.3) is 5.91 Å². The fourth-order valence-corrected chi connectivity index (χ4v) is 4.22. The highest BCUT2D eigenvalue weighted by Gasteiger charge is 2.20. The number of hydrogen-bond acceptors (Lipinski definition) is 5. The number of halogens is 3. The fraction of sp³-hybridized carbons (Fsp3) is 0.100. The zero-order valence-corrected chi connectivity index (χ0v) is 20.0. The first-order valence-electron chi connectivity index (χ1n) is 8.74. The Morgan fingerprint density at radius 1 is 1.16 bits per heavy atom. The first kappa shape index (κ1) is 23.3. The van der Waals surface area contributed by atoms with Gasteiger partial charge in [0, 0.05) is 15.1 Å². The Morgan fingerprint density at radius 3 is 2.52 bits per heavy atom. The Balaban J connectivity index is 1.66. The molecule has 1 aromatic heterocycles. The number of benzene rings is 2. The van der Waals surface area contributed by atoms with Gasteiger partial charge < -0.3 is 4.42 Å². The highest BCUT2D eigenvalue weighted by atomic mass is 79.9. The van der Waals surface area contributed by atoms with E-state index in [2.05, 4.69) is 26.5 Å². The summed E-state index contributed by atoms with van der Waals surface area (Å²) in [6.07, 6.45) is 2.33. The van der Waals surface area contributed by atoms with Crippen molar-refractivity contribution in [2.45, 2.75) is 0 Å². The van der Waals surface area contributed by atoms with Crippen molar-refractivity contribution < 1.29 is 17.6 Å². The van der Waals surface area contributed by atoms with E-state index in [-0.39, 0.29) is 0 Å². The highest BCUT2D eigenvalue weighted by molar-refractivity contribution is 9.10. The molecule has 3 rings (SSSR count). The number of amides is 1. The lowest BCUT2D eigenvalue weighted by atomic mass is 10.2. The SMILES string of the molecule is CS(=O)(=O)N(CC(=O)N/N=C\c1ccc(-c2ccc(Cl)cc2Cl)o1)c1ccc(Br)cc1. The lowest BCUT2D eigenvalue weighted by Gasteiger charge is -2.21. The molecule has 0 bridgehead atoms. The fourth-order valence-electron chi connectivity index (χ4n) is 2.60. The molecular formula is C20H16BrCl2N3O4S. The van der Waals surface area contributed by atoms with Gasteiger partial charge in [-0.15, -0.1) is 0 Å². The summed E-state index contributed by atoms with van der Waals surface area (Å²) in [5.74, 6) is 0.263.